The summed E-state index contributed by atoms with van der Waals surface area (Å²) in [5, 5.41) is 8.88. The van der Waals surface area contributed by atoms with E-state index < -0.39 is 5.97 Å². The van der Waals surface area contributed by atoms with E-state index in [-0.39, 0.29) is 17.6 Å². The summed E-state index contributed by atoms with van der Waals surface area (Å²) in [6, 6.07) is 6.39. The Morgan fingerprint density at radius 1 is 1.32 bits per heavy atom. The second-order valence-electron chi connectivity index (χ2n) is 6.15. The lowest BCUT2D eigenvalue weighted by Gasteiger charge is -2.33. The van der Waals surface area contributed by atoms with Crippen LogP contribution in [0.1, 0.15) is 43.5 Å². The van der Waals surface area contributed by atoms with Crippen molar-refractivity contribution in [2.24, 2.45) is 5.92 Å². The van der Waals surface area contributed by atoms with E-state index in [4.69, 9.17) is 9.84 Å². The molecule has 1 N–H and O–H groups in total. The maximum atomic E-state index is 12.1. The van der Waals surface area contributed by atoms with Crippen molar-refractivity contribution >= 4 is 11.9 Å². The number of hydrogen-bond donors (Lipinski definition) is 1. The third-order valence-electron chi connectivity index (χ3n) is 3.72. The lowest BCUT2D eigenvalue weighted by atomic mass is 10.1. The van der Waals surface area contributed by atoms with E-state index in [1.54, 1.807) is 12.1 Å². The highest BCUT2D eigenvalue weighted by atomic mass is 16.5. The lowest BCUT2D eigenvalue weighted by Crippen LogP contribution is -2.44. The summed E-state index contributed by atoms with van der Waals surface area (Å²) in [6.07, 6.45) is 2.38. The minimum absolute atomic E-state index is 0.0273. The molecule has 0 radical (unpaired) electrons. The molecule has 1 heterocycles. The van der Waals surface area contributed by atoms with Crippen LogP contribution in [0.25, 0.3) is 0 Å². The second-order valence-corrected chi connectivity index (χ2v) is 6.15. The van der Waals surface area contributed by atoms with Gasteiger partial charge in [0.2, 0.25) is 5.91 Å². The molecule has 1 aliphatic rings. The summed E-state index contributed by atoms with van der Waals surface area (Å²) in [5.74, 6) is 0.240. The predicted molar refractivity (Wildman–Crippen MR) is 83.1 cm³/mol. The van der Waals surface area contributed by atoms with Crippen LogP contribution < -0.4 is 4.74 Å². The van der Waals surface area contributed by atoms with E-state index in [1.165, 1.54) is 12.1 Å². The van der Waals surface area contributed by atoms with Gasteiger partial charge in [0, 0.05) is 13.0 Å². The molecule has 1 aromatic rings. The largest absolute Gasteiger partial charge is 0.489 e. The van der Waals surface area contributed by atoms with Crippen LogP contribution in [0.2, 0.25) is 0 Å². The molecule has 0 bridgehead atoms. The first-order valence-electron chi connectivity index (χ1n) is 7.73. The molecule has 2 rings (SSSR count). The summed E-state index contributed by atoms with van der Waals surface area (Å²) >= 11 is 0. The average Bonchev–Trinajstić information content (AvgIpc) is 2.47. The number of nitrogens with zero attached hydrogens (tertiary/aromatic N) is 1. The van der Waals surface area contributed by atoms with Crippen molar-refractivity contribution in [3.8, 4) is 5.75 Å². The summed E-state index contributed by atoms with van der Waals surface area (Å²) < 4.78 is 5.89. The SMILES string of the molecule is CC(C)CC(=O)N1CCC[C@@H](Oc2ccc(C(=O)O)cc2)C1. The van der Waals surface area contributed by atoms with Gasteiger partial charge in [-0.1, -0.05) is 13.8 Å². The molecule has 5 nitrogen and oxygen atoms in total. The Morgan fingerprint density at radius 3 is 2.59 bits per heavy atom. The van der Waals surface area contributed by atoms with Gasteiger partial charge in [0.1, 0.15) is 11.9 Å². The summed E-state index contributed by atoms with van der Waals surface area (Å²) in [7, 11) is 0. The molecule has 0 aliphatic carbocycles. The zero-order valence-corrected chi connectivity index (χ0v) is 13.1. The first-order valence-corrected chi connectivity index (χ1v) is 7.73. The number of carboxylic acid groups (broad SMARTS) is 1. The number of benzene rings is 1. The molecule has 1 aliphatic heterocycles. The second kappa shape index (κ2) is 7.29. The van der Waals surface area contributed by atoms with Gasteiger partial charge < -0.3 is 14.7 Å². The number of aromatic carboxylic acids is 1. The molecule has 0 unspecified atom stereocenters. The number of carbonyl (C=O) groups is 2. The lowest BCUT2D eigenvalue weighted by molar-refractivity contribution is -0.134. The van der Waals surface area contributed by atoms with Gasteiger partial charge in [0.15, 0.2) is 0 Å². The maximum Gasteiger partial charge on any atom is 0.335 e. The van der Waals surface area contributed by atoms with Gasteiger partial charge >= 0.3 is 5.97 Å². The molecule has 0 aromatic heterocycles. The molecule has 1 amide bonds. The van der Waals surface area contributed by atoms with Crippen molar-refractivity contribution in [2.75, 3.05) is 13.1 Å². The van der Waals surface area contributed by atoms with Crippen molar-refractivity contribution < 1.29 is 19.4 Å². The fourth-order valence-corrected chi connectivity index (χ4v) is 2.61. The minimum Gasteiger partial charge on any atom is -0.489 e. The van der Waals surface area contributed by atoms with E-state index in [0.29, 0.717) is 24.6 Å². The van der Waals surface area contributed by atoms with E-state index in [2.05, 4.69) is 0 Å². The third-order valence-corrected chi connectivity index (χ3v) is 3.72. The highest BCUT2D eigenvalue weighted by molar-refractivity contribution is 5.87. The van der Waals surface area contributed by atoms with Crippen molar-refractivity contribution in [3.05, 3.63) is 29.8 Å². The smallest absolute Gasteiger partial charge is 0.335 e. The molecular formula is C17H23NO4. The van der Waals surface area contributed by atoms with Crippen LogP contribution in [-0.2, 0) is 4.79 Å². The molecule has 0 saturated carbocycles. The Bertz CT molecular complexity index is 524. The van der Waals surface area contributed by atoms with Gasteiger partial charge in [-0.15, -0.1) is 0 Å². The van der Waals surface area contributed by atoms with Gasteiger partial charge in [0.25, 0.3) is 0 Å². The van der Waals surface area contributed by atoms with E-state index in [0.717, 1.165) is 19.4 Å². The third kappa shape index (κ3) is 4.48. The average molecular weight is 305 g/mol. The number of piperidine rings is 1. The van der Waals surface area contributed by atoms with Crippen LogP contribution in [-0.4, -0.2) is 41.1 Å². The van der Waals surface area contributed by atoms with Crippen molar-refractivity contribution in [1.29, 1.82) is 0 Å². The fraction of sp³-hybridized carbons (Fsp3) is 0.529. The maximum absolute atomic E-state index is 12.1. The Labute approximate surface area is 130 Å². The Balaban J connectivity index is 1.92. The van der Waals surface area contributed by atoms with Crippen LogP contribution in [0.15, 0.2) is 24.3 Å². The van der Waals surface area contributed by atoms with Crippen LogP contribution in [0.3, 0.4) is 0 Å². The molecular weight excluding hydrogens is 282 g/mol. The summed E-state index contributed by atoms with van der Waals surface area (Å²) in [6.45, 7) is 5.48. The monoisotopic (exact) mass is 305 g/mol. The topological polar surface area (TPSA) is 66.8 Å². The summed E-state index contributed by atoms with van der Waals surface area (Å²) in [5.41, 5.74) is 0.240. The molecule has 22 heavy (non-hydrogen) atoms. The standard InChI is InChI=1S/C17H23NO4/c1-12(2)10-16(19)18-9-3-4-15(11-18)22-14-7-5-13(6-8-14)17(20)21/h5-8,12,15H,3-4,9-11H2,1-2H3,(H,20,21)/t15-/m1/s1. The number of rotatable bonds is 5. The zero-order chi connectivity index (χ0) is 16.1. The molecule has 1 fully saturated rings. The van der Waals surface area contributed by atoms with Crippen LogP contribution >= 0.6 is 0 Å². The predicted octanol–water partition coefficient (Wildman–Crippen LogP) is 2.80. The summed E-state index contributed by atoms with van der Waals surface area (Å²) in [4.78, 5) is 24.8. The van der Waals surface area contributed by atoms with E-state index in [9.17, 15) is 9.59 Å². The van der Waals surface area contributed by atoms with Crippen LogP contribution in [0, 0.1) is 5.92 Å². The Hall–Kier alpha value is -2.04. The Kier molecular flexibility index (Phi) is 5.41. The molecule has 1 saturated heterocycles. The van der Waals surface area contributed by atoms with E-state index >= 15 is 0 Å². The first-order chi connectivity index (χ1) is 10.5. The Morgan fingerprint density at radius 2 is 2.00 bits per heavy atom. The van der Waals surface area contributed by atoms with Crippen LogP contribution in [0.4, 0.5) is 0 Å². The quantitative estimate of drug-likeness (QED) is 0.908. The molecule has 5 heteroatoms. The number of likely N-dealkylation sites (tertiary alicyclic amines) is 1. The van der Waals surface area contributed by atoms with Gasteiger partial charge in [-0.2, -0.15) is 0 Å². The van der Waals surface area contributed by atoms with Crippen LogP contribution in [0.5, 0.6) is 5.75 Å². The number of hydrogen-bond acceptors (Lipinski definition) is 3. The molecule has 120 valence electrons. The fourth-order valence-electron chi connectivity index (χ4n) is 2.61. The normalized spacial score (nSPS) is 18.3. The number of carbonyl (C=O) groups excluding carboxylic acids is 1. The number of ether oxygens (including phenoxy) is 1. The first kappa shape index (κ1) is 16.3. The molecule has 1 atom stereocenters. The van der Waals surface area contributed by atoms with Crippen molar-refractivity contribution in [2.45, 2.75) is 39.2 Å². The number of amides is 1. The van der Waals surface area contributed by atoms with E-state index in [1.807, 2.05) is 18.7 Å². The van der Waals surface area contributed by atoms with Gasteiger partial charge in [-0.3, -0.25) is 4.79 Å². The highest BCUT2D eigenvalue weighted by Gasteiger charge is 2.25. The van der Waals surface area contributed by atoms with Gasteiger partial charge in [-0.25, -0.2) is 4.79 Å². The molecule has 0 spiro atoms. The minimum atomic E-state index is -0.949. The molecule has 1 aromatic carbocycles. The highest BCUT2D eigenvalue weighted by Crippen LogP contribution is 2.20. The van der Waals surface area contributed by atoms with Gasteiger partial charge in [-0.05, 0) is 43.0 Å². The number of carboxylic acids is 1. The van der Waals surface area contributed by atoms with Crippen molar-refractivity contribution in [1.82, 2.24) is 4.90 Å². The zero-order valence-electron chi connectivity index (χ0n) is 13.1. The van der Waals surface area contributed by atoms with Gasteiger partial charge in [0.05, 0.1) is 12.1 Å². The van der Waals surface area contributed by atoms with Crippen molar-refractivity contribution in [3.63, 3.8) is 0 Å².